The first kappa shape index (κ1) is 18.8. The molecule has 1 heterocycles. The van der Waals surface area contributed by atoms with Crippen LogP contribution in [0.4, 0.5) is 20.4 Å². The molecule has 1 atom stereocenters. The average Bonchev–Trinajstić information content (AvgIpc) is 3.13. The molecule has 6 heteroatoms. The van der Waals surface area contributed by atoms with Crippen LogP contribution in [0.25, 0.3) is 22.2 Å². The van der Waals surface area contributed by atoms with Crippen LogP contribution < -0.4 is 5.32 Å². The summed E-state index contributed by atoms with van der Waals surface area (Å²) < 4.78 is 27.4. The van der Waals surface area contributed by atoms with Crippen LogP contribution in [-0.4, -0.2) is 21.2 Å². The summed E-state index contributed by atoms with van der Waals surface area (Å²) in [6.07, 6.45) is 1.95. The Bertz CT molecular complexity index is 1240. The molecule has 0 spiro atoms. The highest BCUT2D eigenvalue weighted by atomic mass is 19.2. The van der Waals surface area contributed by atoms with Crippen molar-refractivity contribution in [1.29, 1.82) is 0 Å². The van der Waals surface area contributed by atoms with Gasteiger partial charge in [0.2, 0.25) is 5.95 Å². The molecule has 1 aliphatic carbocycles. The monoisotopic (exact) mass is 405 g/mol. The van der Waals surface area contributed by atoms with E-state index >= 15 is 0 Å². The maximum Gasteiger partial charge on any atom is 0.205 e. The first-order valence-electron chi connectivity index (χ1n) is 9.99. The van der Waals surface area contributed by atoms with Crippen molar-refractivity contribution in [1.82, 2.24) is 9.97 Å². The number of aromatic nitrogens is 2. The lowest BCUT2D eigenvalue weighted by Gasteiger charge is -2.23. The summed E-state index contributed by atoms with van der Waals surface area (Å²) in [5.41, 5.74) is 6.53. The van der Waals surface area contributed by atoms with Crippen molar-refractivity contribution < 1.29 is 13.9 Å². The van der Waals surface area contributed by atoms with Crippen LogP contribution in [0.5, 0.6) is 0 Å². The Hall–Kier alpha value is -3.25. The van der Waals surface area contributed by atoms with Crippen molar-refractivity contribution in [3.63, 3.8) is 0 Å². The lowest BCUT2D eigenvalue weighted by molar-refractivity contribution is 0.159. The molecule has 4 nitrogen and oxygen atoms in total. The lowest BCUT2D eigenvalue weighted by atomic mass is 9.88. The van der Waals surface area contributed by atoms with Gasteiger partial charge in [-0.15, -0.1) is 0 Å². The number of imidazole rings is 1. The van der Waals surface area contributed by atoms with E-state index in [0.717, 1.165) is 40.7 Å². The molecular formula is C24H21F2N3O. The van der Waals surface area contributed by atoms with E-state index < -0.39 is 11.6 Å². The van der Waals surface area contributed by atoms with Gasteiger partial charge in [-0.1, -0.05) is 18.2 Å². The quantitative estimate of drug-likeness (QED) is 0.427. The zero-order valence-corrected chi connectivity index (χ0v) is 16.5. The maximum absolute atomic E-state index is 13.8. The summed E-state index contributed by atoms with van der Waals surface area (Å²) in [6, 6.07) is 14.5. The highest BCUT2D eigenvalue weighted by molar-refractivity contribution is 5.84. The van der Waals surface area contributed by atoms with E-state index in [1.165, 1.54) is 11.6 Å². The number of nitrogens with zero attached hydrogens (tertiary/aromatic N) is 1. The molecule has 0 saturated carbocycles. The van der Waals surface area contributed by atoms with E-state index in [1.54, 1.807) is 13.0 Å². The second-order valence-electron chi connectivity index (χ2n) is 7.87. The number of nitrogens with one attached hydrogen (secondary N) is 2. The van der Waals surface area contributed by atoms with Crippen molar-refractivity contribution in [3.8, 4) is 11.1 Å². The smallest absolute Gasteiger partial charge is 0.205 e. The highest BCUT2D eigenvalue weighted by Gasteiger charge is 2.19. The van der Waals surface area contributed by atoms with Crippen molar-refractivity contribution in [2.24, 2.45) is 0 Å². The topological polar surface area (TPSA) is 60.9 Å². The Morgan fingerprint density at radius 1 is 1.10 bits per heavy atom. The zero-order chi connectivity index (χ0) is 20.8. The van der Waals surface area contributed by atoms with Gasteiger partial charge in [-0.25, -0.2) is 13.8 Å². The van der Waals surface area contributed by atoms with E-state index in [1.807, 2.05) is 30.3 Å². The predicted molar refractivity (Wildman–Crippen MR) is 114 cm³/mol. The highest BCUT2D eigenvalue weighted by Crippen LogP contribution is 2.31. The average molecular weight is 405 g/mol. The summed E-state index contributed by atoms with van der Waals surface area (Å²) in [4.78, 5) is 7.86. The molecule has 0 radical (unpaired) electrons. The molecule has 0 saturated heterocycles. The van der Waals surface area contributed by atoms with Gasteiger partial charge in [-0.2, -0.15) is 0 Å². The van der Waals surface area contributed by atoms with Crippen LogP contribution in [0.1, 0.15) is 23.1 Å². The minimum absolute atomic E-state index is 0.271. The van der Waals surface area contributed by atoms with Crippen LogP contribution >= 0.6 is 0 Å². The first-order valence-corrected chi connectivity index (χ1v) is 9.99. The molecule has 5 rings (SSSR count). The fraction of sp³-hybridized carbons (Fsp3) is 0.208. The van der Waals surface area contributed by atoms with E-state index in [0.29, 0.717) is 17.9 Å². The number of halogens is 2. The van der Waals surface area contributed by atoms with Gasteiger partial charge in [0, 0.05) is 12.1 Å². The van der Waals surface area contributed by atoms with Gasteiger partial charge >= 0.3 is 0 Å². The number of hydrogen-bond donors (Lipinski definition) is 3. The minimum atomic E-state index is -0.854. The number of benzene rings is 3. The normalized spacial score (nSPS) is 15.9. The second-order valence-corrected chi connectivity index (χ2v) is 7.87. The molecule has 1 aliphatic rings. The van der Waals surface area contributed by atoms with Crippen molar-refractivity contribution in [2.75, 3.05) is 5.32 Å². The first-order chi connectivity index (χ1) is 14.5. The minimum Gasteiger partial charge on any atom is -0.393 e. The van der Waals surface area contributed by atoms with Crippen LogP contribution in [0.15, 0.2) is 48.5 Å². The molecule has 3 aromatic carbocycles. The molecule has 30 heavy (non-hydrogen) atoms. The van der Waals surface area contributed by atoms with Crippen LogP contribution in [-0.2, 0) is 12.8 Å². The molecule has 1 unspecified atom stereocenters. The third-order valence-corrected chi connectivity index (χ3v) is 5.74. The molecule has 152 valence electrons. The zero-order valence-electron chi connectivity index (χ0n) is 16.5. The number of aryl methyl sites for hydroxylation is 2. The molecule has 4 aromatic rings. The summed E-state index contributed by atoms with van der Waals surface area (Å²) in [6.45, 7) is 1.55. The van der Waals surface area contributed by atoms with Crippen molar-refractivity contribution in [2.45, 2.75) is 32.3 Å². The van der Waals surface area contributed by atoms with Gasteiger partial charge in [0.25, 0.3) is 0 Å². The fourth-order valence-corrected chi connectivity index (χ4v) is 4.16. The number of hydrogen-bond acceptors (Lipinski definition) is 3. The number of aliphatic hydroxyl groups excluding tert-OH is 1. The van der Waals surface area contributed by atoms with Crippen LogP contribution in [0.3, 0.4) is 0 Å². The van der Waals surface area contributed by atoms with Gasteiger partial charge < -0.3 is 15.4 Å². The van der Waals surface area contributed by atoms with Crippen molar-refractivity contribution >= 4 is 22.7 Å². The third-order valence-electron chi connectivity index (χ3n) is 5.74. The Labute approximate surface area is 172 Å². The number of anilines is 2. The standard InChI is InChI=1S/C24H21F2N3O/c1-13-9-16(10-19(25)23(13)26)15-6-8-21-22(11-15)29-24(28-21)27-20-4-2-3-14-5-7-17(30)12-18(14)20/h2-4,6,8-11,17,30H,5,7,12H2,1H3,(H2,27,28,29). The van der Waals surface area contributed by atoms with Gasteiger partial charge in [0.1, 0.15) is 0 Å². The Morgan fingerprint density at radius 2 is 1.97 bits per heavy atom. The summed E-state index contributed by atoms with van der Waals surface area (Å²) in [5, 5.41) is 13.4. The van der Waals surface area contributed by atoms with Crippen molar-refractivity contribution in [3.05, 3.63) is 76.9 Å². The van der Waals surface area contributed by atoms with E-state index in [2.05, 4.69) is 21.4 Å². The molecule has 0 aliphatic heterocycles. The number of aromatic amines is 1. The number of rotatable bonds is 3. The Kier molecular flexibility index (Phi) is 4.51. The maximum atomic E-state index is 13.8. The summed E-state index contributed by atoms with van der Waals surface area (Å²) in [5.74, 6) is -1.07. The fourth-order valence-electron chi connectivity index (χ4n) is 4.16. The Morgan fingerprint density at radius 3 is 2.80 bits per heavy atom. The lowest BCUT2D eigenvalue weighted by Crippen LogP contribution is -2.19. The van der Waals surface area contributed by atoms with Gasteiger partial charge in [0.15, 0.2) is 11.6 Å². The summed E-state index contributed by atoms with van der Waals surface area (Å²) in [7, 11) is 0. The third kappa shape index (κ3) is 3.33. The predicted octanol–water partition coefficient (Wildman–Crippen LogP) is 5.41. The molecule has 1 aromatic heterocycles. The van der Waals surface area contributed by atoms with E-state index in [9.17, 15) is 13.9 Å². The number of H-pyrrole nitrogens is 1. The summed E-state index contributed by atoms with van der Waals surface area (Å²) >= 11 is 0. The molecular weight excluding hydrogens is 384 g/mol. The molecule has 0 bridgehead atoms. The largest absolute Gasteiger partial charge is 0.393 e. The van der Waals surface area contributed by atoms with Gasteiger partial charge in [0.05, 0.1) is 17.1 Å². The van der Waals surface area contributed by atoms with E-state index in [4.69, 9.17) is 0 Å². The number of aliphatic hydroxyl groups is 1. The Balaban J connectivity index is 1.48. The molecule has 3 N–H and O–H groups in total. The molecule has 0 amide bonds. The van der Waals surface area contributed by atoms with Crippen LogP contribution in [0, 0.1) is 18.6 Å². The molecule has 0 fully saturated rings. The van der Waals surface area contributed by atoms with Gasteiger partial charge in [-0.05, 0) is 77.9 Å². The van der Waals surface area contributed by atoms with E-state index in [-0.39, 0.29) is 11.7 Å². The second kappa shape index (κ2) is 7.22. The van der Waals surface area contributed by atoms with Crippen LogP contribution in [0.2, 0.25) is 0 Å². The van der Waals surface area contributed by atoms with Gasteiger partial charge in [-0.3, -0.25) is 0 Å². The number of fused-ring (bicyclic) bond motifs is 2. The SMILES string of the molecule is Cc1cc(-c2ccc3nc(Nc4cccc5c4CC(O)CC5)[nH]c3c2)cc(F)c1F.